The van der Waals surface area contributed by atoms with Crippen LogP contribution in [0, 0.1) is 5.82 Å². The number of aromatic nitrogens is 2. The number of carbonyl (C=O) groups excluding carboxylic acids is 1. The predicted octanol–water partition coefficient (Wildman–Crippen LogP) is 3.77. The molecule has 0 saturated carbocycles. The van der Waals surface area contributed by atoms with Crippen molar-refractivity contribution in [2.75, 3.05) is 45.3 Å². The molecule has 1 fully saturated rings. The van der Waals surface area contributed by atoms with Crippen LogP contribution in [0.1, 0.15) is 18.4 Å². The van der Waals surface area contributed by atoms with Gasteiger partial charge in [-0.05, 0) is 52.7 Å². The fraction of sp³-hybridized carbons (Fsp3) is 0.385. The molecule has 2 amide bonds. The molecule has 3 atom stereocenters. The van der Waals surface area contributed by atoms with Gasteiger partial charge in [0, 0.05) is 32.7 Å². The summed E-state index contributed by atoms with van der Waals surface area (Å²) in [6.07, 6.45) is -0.680. The predicted molar refractivity (Wildman–Crippen MR) is 142 cm³/mol. The number of ether oxygens (including phenoxy) is 2. The van der Waals surface area contributed by atoms with Gasteiger partial charge < -0.3 is 19.9 Å². The van der Waals surface area contributed by atoms with E-state index in [0.717, 1.165) is 17.8 Å². The van der Waals surface area contributed by atoms with Gasteiger partial charge in [0.05, 0.1) is 24.4 Å². The maximum absolute atomic E-state index is 13.5. The summed E-state index contributed by atoms with van der Waals surface area (Å²) in [5.41, 5.74) is 1.68. The first-order valence-corrected chi connectivity index (χ1v) is 12.8. The topological polar surface area (TPSA) is 101 Å². The van der Waals surface area contributed by atoms with Crippen molar-refractivity contribution in [3.63, 3.8) is 0 Å². The number of aliphatic hydroxyl groups is 1. The van der Waals surface area contributed by atoms with Crippen molar-refractivity contribution in [2.45, 2.75) is 25.0 Å². The summed E-state index contributed by atoms with van der Waals surface area (Å²) in [5.74, 6) is 0.316. The van der Waals surface area contributed by atoms with Gasteiger partial charge in [-0.1, -0.05) is 30.3 Å². The first-order valence-electron chi connectivity index (χ1n) is 12.0. The minimum Gasteiger partial charge on any atom is -0.473 e. The van der Waals surface area contributed by atoms with Crippen molar-refractivity contribution in [2.24, 2.45) is 0 Å². The van der Waals surface area contributed by atoms with E-state index < -0.39 is 12.1 Å². The zero-order chi connectivity index (χ0) is 26.4. The highest BCUT2D eigenvalue weighted by molar-refractivity contribution is 9.10. The molecule has 9 nitrogen and oxygen atoms in total. The number of hydrogen-bond acceptors (Lipinski definition) is 6. The first-order chi connectivity index (χ1) is 17.9. The minimum absolute atomic E-state index is 0.0179. The standard InChI is InChI=1S/C26H31BrFN5O4/c1-17(34)16-37-25-23(27)24(33(31-25)20-6-4-3-5-7-20)30-26(35)29-22-15-32(12-13-36-2)14-21(22)18-8-10-19(28)11-9-18/h3-11,17,21-22,34H,12-16H2,1-2H3,(H2,29,30,35)/t17-,21?,22-/m1/s1. The Morgan fingerprint density at radius 3 is 2.62 bits per heavy atom. The van der Waals surface area contributed by atoms with E-state index >= 15 is 0 Å². The number of carbonyl (C=O) groups is 1. The number of para-hydroxylation sites is 1. The summed E-state index contributed by atoms with van der Waals surface area (Å²) in [6, 6.07) is 15.1. The second-order valence-corrected chi connectivity index (χ2v) is 9.78. The molecule has 0 spiro atoms. The maximum Gasteiger partial charge on any atom is 0.320 e. The molecule has 1 aliphatic heterocycles. The Bertz CT molecular complexity index is 1180. The van der Waals surface area contributed by atoms with Crippen LogP contribution in [-0.4, -0.2) is 77.9 Å². The third-order valence-corrected chi connectivity index (χ3v) is 6.83. The van der Waals surface area contributed by atoms with Crippen LogP contribution in [0.5, 0.6) is 5.88 Å². The lowest BCUT2D eigenvalue weighted by molar-refractivity contribution is 0.119. The second-order valence-electron chi connectivity index (χ2n) is 8.99. The number of aliphatic hydroxyl groups excluding tert-OH is 1. The summed E-state index contributed by atoms with van der Waals surface area (Å²) in [4.78, 5) is 15.5. The monoisotopic (exact) mass is 575 g/mol. The Balaban J connectivity index is 1.55. The molecule has 4 rings (SSSR count). The lowest BCUT2D eigenvalue weighted by Crippen LogP contribution is -2.42. The fourth-order valence-corrected chi connectivity index (χ4v) is 4.79. The number of hydrogen-bond donors (Lipinski definition) is 3. The van der Waals surface area contributed by atoms with Crippen LogP contribution in [0.3, 0.4) is 0 Å². The molecule has 1 aromatic heterocycles. The van der Waals surface area contributed by atoms with Crippen LogP contribution in [0.25, 0.3) is 5.69 Å². The molecule has 37 heavy (non-hydrogen) atoms. The van der Waals surface area contributed by atoms with Crippen LogP contribution in [0.4, 0.5) is 15.0 Å². The van der Waals surface area contributed by atoms with Crippen molar-refractivity contribution in [3.05, 3.63) is 70.5 Å². The highest BCUT2D eigenvalue weighted by Gasteiger charge is 2.35. The highest BCUT2D eigenvalue weighted by atomic mass is 79.9. The molecule has 0 radical (unpaired) electrons. The molecule has 1 aliphatic rings. The number of anilines is 1. The molecule has 11 heteroatoms. The minimum atomic E-state index is -0.680. The normalized spacial score (nSPS) is 18.5. The van der Waals surface area contributed by atoms with Crippen molar-refractivity contribution in [1.29, 1.82) is 0 Å². The number of halogens is 2. The van der Waals surface area contributed by atoms with E-state index in [1.54, 1.807) is 30.8 Å². The number of urea groups is 1. The van der Waals surface area contributed by atoms with Gasteiger partial charge in [-0.2, -0.15) is 0 Å². The lowest BCUT2D eigenvalue weighted by Gasteiger charge is -2.21. The van der Waals surface area contributed by atoms with Gasteiger partial charge in [-0.3, -0.25) is 10.2 Å². The van der Waals surface area contributed by atoms with Gasteiger partial charge in [0.2, 0.25) is 5.88 Å². The molecule has 3 aromatic rings. The zero-order valence-electron chi connectivity index (χ0n) is 20.7. The summed E-state index contributed by atoms with van der Waals surface area (Å²) < 4.78 is 26.4. The third kappa shape index (κ3) is 6.86. The smallest absolute Gasteiger partial charge is 0.320 e. The molecule has 2 heterocycles. The van der Waals surface area contributed by atoms with E-state index in [9.17, 15) is 14.3 Å². The van der Waals surface area contributed by atoms with Crippen LogP contribution < -0.4 is 15.4 Å². The summed E-state index contributed by atoms with van der Waals surface area (Å²) in [5, 5.41) is 20.1. The van der Waals surface area contributed by atoms with E-state index in [1.165, 1.54) is 12.1 Å². The van der Waals surface area contributed by atoms with Crippen LogP contribution >= 0.6 is 15.9 Å². The molecule has 198 valence electrons. The zero-order valence-corrected chi connectivity index (χ0v) is 22.3. The van der Waals surface area contributed by atoms with Crippen molar-refractivity contribution in [3.8, 4) is 11.6 Å². The average molecular weight is 576 g/mol. The molecular formula is C26H31BrFN5O4. The van der Waals surface area contributed by atoms with Crippen molar-refractivity contribution < 1.29 is 23.8 Å². The van der Waals surface area contributed by atoms with Crippen molar-refractivity contribution >= 4 is 27.8 Å². The summed E-state index contributed by atoms with van der Waals surface area (Å²) >= 11 is 3.49. The number of methoxy groups -OCH3 is 1. The number of amides is 2. The van der Waals surface area contributed by atoms with Gasteiger partial charge in [0.15, 0.2) is 5.82 Å². The van der Waals surface area contributed by atoms with Gasteiger partial charge in [-0.25, -0.2) is 13.9 Å². The lowest BCUT2D eigenvalue weighted by atomic mass is 9.94. The number of likely N-dealkylation sites (tertiary alicyclic amines) is 1. The quantitative estimate of drug-likeness (QED) is 0.340. The molecule has 2 aromatic carbocycles. The van der Waals surface area contributed by atoms with Gasteiger partial charge in [-0.15, -0.1) is 5.10 Å². The first kappa shape index (κ1) is 27.1. The van der Waals surface area contributed by atoms with E-state index in [-0.39, 0.29) is 30.3 Å². The Morgan fingerprint density at radius 1 is 1.22 bits per heavy atom. The molecule has 3 N–H and O–H groups in total. The number of nitrogens with one attached hydrogen (secondary N) is 2. The molecule has 0 bridgehead atoms. The van der Waals surface area contributed by atoms with E-state index in [0.29, 0.717) is 30.0 Å². The fourth-order valence-electron chi connectivity index (χ4n) is 4.33. The Kier molecular flexibility index (Phi) is 9.14. The van der Waals surface area contributed by atoms with Crippen LogP contribution in [0.15, 0.2) is 59.1 Å². The summed E-state index contributed by atoms with van der Waals surface area (Å²) in [7, 11) is 1.66. The molecule has 0 aliphatic carbocycles. The average Bonchev–Trinajstić information content (AvgIpc) is 3.43. The van der Waals surface area contributed by atoms with Gasteiger partial charge >= 0.3 is 6.03 Å². The van der Waals surface area contributed by atoms with Crippen molar-refractivity contribution in [1.82, 2.24) is 20.0 Å². The van der Waals surface area contributed by atoms with E-state index in [2.05, 4.69) is 36.6 Å². The number of rotatable bonds is 10. The largest absolute Gasteiger partial charge is 0.473 e. The van der Waals surface area contributed by atoms with E-state index in [1.807, 2.05) is 30.3 Å². The summed E-state index contributed by atoms with van der Waals surface area (Å²) in [6.45, 7) is 4.31. The number of benzene rings is 2. The van der Waals surface area contributed by atoms with Gasteiger partial charge in [0.1, 0.15) is 16.9 Å². The second kappa shape index (κ2) is 12.5. The molecular weight excluding hydrogens is 545 g/mol. The SMILES string of the molecule is COCCN1CC(c2ccc(F)cc2)[C@H](NC(=O)Nc2c(Br)c(OC[C@@H](C)O)nn2-c2ccccc2)C1. The number of nitrogens with zero attached hydrogens (tertiary/aromatic N) is 3. The van der Waals surface area contributed by atoms with Crippen LogP contribution in [0.2, 0.25) is 0 Å². The highest BCUT2D eigenvalue weighted by Crippen LogP contribution is 2.35. The third-order valence-electron chi connectivity index (χ3n) is 6.11. The Hall–Kier alpha value is -2.99. The molecule has 1 unspecified atom stereocenters. The molecule has 1 saturated heterocycles. The Morgan fingerprint density at radius 2 is 1.95 bits per heavy atom. The van der Waals surface area contributed by atoms with Gasteiger partial charge in [0.25, 0.3) is 0 Å². The maximum atomic E-state index is 13.5. The van der Waals surface area contributed by atoms with E-state index in [4.69, 9.17) is 9.47 Å². The van der Waals surface area contributed by atoms with Crippen LogP contribution in [-0.2, 0) is 4.74 Å². The Labute approximate surface area is 223 Å².